The first-order valence-corrected chi connectivity index (χ1v) is 5.18. The third-order valence-corrected chi connectivity index (χ3v) is 2.52. The minimum absolute atomic E-state index is 0.0854. The topological polar surface area (TPSA) is 97.1 Å². The molecule has 2 rings (SSSR count). The Hall–Kier alpha value is -2.18. The number of carbonyl (C=O) groups is 2. The first kappa shape index (κ1) is 11.3. The van der Waals surface area contributed by atoms with E-state index in [0.29, 0.717) is 6.42 Å². The molecule has 0 bridgehead atoms. The van der Waals surface area contributed by atoms with Crippen molar-refractivity contribution in [3.05, 3.63) is 24.8 Å². The Morgan fingerprint density at radius 2 is 2.29 bits per heavy atom. The van der Waals surface area contributed by atoms with Gasteiger partial charge in [0.15, 0.2) is 0 Å². The largest absolute Gasteiger partial charge is 0.481 e. The molecular formula is C10H12N4O3. The molecule has 2 atom stereocenters. The fourth-order valence-electron chi connectivity index (χ4n) is 1.70. The first-order chi connectivity index (χ1) is 8.15. The average Bonchev–Trinajstić information content (AvgIpc) is 2.88. The summed E-state index contributed by atoms with van der Waals surface area (Å²) in [6, 6.07) is -0.216. The zero-order chi connectivity index (χ0) is 12.3. The van der Waals surface area contributed by atoms with Gasteiger partial charge in [-0.25, -0.2) is 9.67 Å². The van der Waals surface area contributed by atoms with Crippen LogP contribution < -0.4 is 5.32 Å². The lowest BCUT2D eigenvalue weighted by Gasteiger charge is -2.11. The highest BCUT2D eigenvalue weighted by Crippen LogP contribution is 2.17. The molecule has 1 aromatic rings. The van der Waals surface area contributed by atoms with Gasteiger partial charge in [0, 0.05) is 6.04 Å². The van der Waals surface area contributed by atoms with E-state index in [9.17, 15) is 9.59 Å². The molecule has 0 fully saturated rings. The van der Waals surface area contributed by atoms with Crippen molar-refractivity contribution < 1.29 is 14.7 Å². The molecule has 1 heterocycles. The van der Waals surface area contributed by atoms with Crippen LogP contribution in [0, 0.1) is 5.92 Å². The molecule has 0 saturated carbocycles. The van der Waals surface area contributed by atoms with Crippen LogP contribution in [0.5, 0.6) is 0 Å². The molecule has 0 aromatic carbocycles. The van der Waals surface area contributed by atoms with Gasteiger partial charge in [-0.1, -0.05) is 12.2 Å². The third kappa shape index (κ3) is 2.90. The second-order valence-electron chi connectivity index (χ2n) is 3.83. The third-order valence-electron chi connectivity index (χ3n) is 2.52. The maximum absolute atomic E-state index is 11.6. The molecule has 0 saturated heterocycles. The number of hydrogen-bond donors (Lipinski definition) is 2. The van der Waals surface area contributed by atoms with Crippen LogP contribution in [0.2, 0.25) is 0 Å². The van der Waals surface area contributed by atoms with Crippen molar-refractivity contribution in [1.82, 2.24) is 20.1 Å². The SMILES string of the molecule is O=C(Cn1cncn1)NC1C=CC(C(=O)O)C1. The molecule has 2 N–H and O–H groups in total. The second-order valence-corrected chi connectivity index (χ2v) is 3.83. The van der Waals surface area contributed by atoms with Gasteiger partial charge in [0.1, 0.15) is 19.2 Å². The highest BCUT2D eigenvalue weighted by atomic mass is 16.4. The van der Waals surface area contributed by atoms with Crippen molar-refractivity contribution >= 4 is 11.9 Å². The van der Waals surface area contributed by atoms with Crippen molar-refractivity contribution in [2.24, 2.45) is 5.92 Å². The van der Waals surface area contributed by atoms with E-state index < -0.39 is 11.9 Å². The van der Waals surface area contributed by atoms with Crippen LogP contribution in [0.1, 0.15) is 6.42 Å². The second kappa shape index (κ2) is 4.77. The zero-order valence-corrected chi connectivity index (χ0v) is 8.98. The Bertz CT molecular complexity index is 440. The predicted molar refractivity (Wildman–Crippen MR) is 56.8 cm³/mol. The number of amides is 1. The zero-order valence-electron chi connectivity index (χ0n) is 8.98. The Morgan fingerprint density at radius 1 is 1.47 bits per heavy atom. The number of nitrogens with zero attached hydrogens (tertiary/aromatic N) is 3. The summed E-state index contributed by atoms with van der Waals surface area (Å²) in [6.45, 7) is 0.0854. The van der Waals surface area contributed by atoms with Gasteiger partial charge in [0.05, 0.1) is 5.92 Å². The van der Waals surface area contributed by atoms with Crippen LogP contribution in [-0.2, 0) is 16.1 Å². The molecule has 0 spiro atoms. The highest BCUT2D eigenvalue weighted by molar-refractivity contribution is 5.77. The smallest absolute Gasteiger partial charge is 0.310 e. The fourth-order valence-corrected chi connectivity index (χ4v) is 1.70. The Morgan fingerprint density at radius 3 is 2.88 bits per heavy atom. The summed E-state index contributed by atoms with van der Waals surface area (Å²) in [5.41, 5.74) is 0. The van der Waals surface area contributed by atoms with Crippen molar-refractivity contribution in [3.63, 3.8) is 0 Å². The van der Waals surface area contributed by atoms with Gasteiger partial charge in [-0.2, -0.15) is 5.10 Å². The molecule has 1 aromatic heterocycles. The van der Waals surface area contributed by atoms with Crippen LogP contribution in [-0.4, -0.2) is 37.8 Å². The number of carbonyl (C=O) groups excluding carboxylic acids is 1. The number of hydrogen-bond acceptors (Lipinski definition) is 4. The van der Waals surface area contributed by atoms with Gasteiger partial charge >= 0.3 is 5.97 Å². The highest BCUT2D eigenvalue weighted by Gasteiger charge is 2.25. The Labute approximate surface area is 97.1 Å². The van der Waals surface area contributed by atoms with Crippen molar-refractivity contribution in [3.8, 4) is 0 Å². The molecule has 90 valence electrons. The van der Waals surface area contributed by atoms with E-state index in [1.54, 1.807) is 12.2 Å². The van der Waals surface area contributed by atoms with Gasteiger partial charge in [0.2, 0.25) is 5.91 Å². The normalized spacial score (nSPS) is 22.6. The van der Waals surface area contributed by atoms with Crippen LogP contribution in [0.25, 0.3) is 0 Å². The summed E-state index contributed by atoms with van der Waals surface area (Å²) in [5, 5.41) is 15.3. The first-order valence-electron chi connectivity index (χ1n) is 5.18. The lowest BCUT2D eigenvalue weighted by molar-refractivity contribution is -0.140. The summed E-state index contributed by atoms with van der Waals surface area (Å²) in [4.78, 5) is 26.0. The number of nitrogens with one attached hydrogen (secondary N) is 1. The quantitative estimate of drug-likeness (QED) is 0.682. The van der Waals surface area contributed by atoms with Crippen LogP contribution >= 0.6 is 0 Å². The van der Waals surface area contributed by atoms with E-state index in [0.717, 1.165) is 0 Å². The number of carboxylic acid groups (broad SMARTS) is 1. The minimum Gasteiger partial charge on any atom is -0.481 e. The molecule has 7 nitrogen and oxygen atoms in total. The number of aromatic nitrogens is 3. The van der Waals surface area contributed by atoms with Crippen LogP contribution in [0.3, 0.4) is 0 Å². The number of rotatable bonds is 4. The van der Waals surface area contributed by atoms with Crippen molar-refractivity contribution in [1.29, 1.82) is 0 Å². The molecule has 1 aliphatic rings. The molecule has 1 aliphatic carbocycles. The molecule has 0 aliphatic heterocycles. The van der Waals surface area contributed by atoms with Gasteiger partial charge < -0.3 is 10.4 Å². The molecule has 7 heteroatoms. The van der Waals surface area contributed by atoms with Gasteiger partial charge in [-0.15, -0.1) is 0 Å². The van der Waals surface area contributed by atoms with Crippen LogP contribution in [0.15, 0.2) is 24.8 Å². The number of carboxylic acids is 1. The lowest BCUT2D eigenvalue weighted by atomic mass is 10.1. The fraction of sp³-hybridized carbons (Fsp3) is 0.400. The Balaban J connectivity index is 1.81. The average molecular weight is 236 g/mol. The predicted octanol–water partition coefficient (Wildman–Crippen LogP) is -0.576. The van der Waals surface area contributed by atoms with E-state index in [1.165, 1.54) is 17.3 Å². The van der Waals surface area contributed by atoms with E-state index in [1.807, 2.05) is 0 Å². The Kier molecular flexibility index (Phi) is 3.17. The molecule has 0 radical (unpaired) electrons. The van der Waals surface area contributed by atoms with E-state index in [-0.39, 0.29) is 18.5 Å². The van der Waals surface area contributed by atoms with E-state index in [4.69, 9.17) is 5.11 Å². The summed E-state index contributed by atoms with van der Waals surface area (Å²) in [7, 11) is 0. The molecule has 1 amide bonds. The maximum Gasteiger partial charge on any atom is 0.310 e. The summed E-state index contributed by atoms with van der Waals surface area (Å²) in [5.74, 6) is -1.59. The standard InChI is InChI=1S/C10H12N4O3/c15-9(4-14-6-11-5-12-14)13-8-2-1-7(3-8)10(16)17/h1-2,5-8H,3-4H2,(H,13,15)(H,16,17). The minimum atomic E-state index is -0.866. The van der Waals surface area contributed by atoms with Crippen molar-refractivity contribution in [2.45, 2.75) is 19.0 Å². The molecule has 2 unspecified atom stereocenters. The monoisotopic (exact) mass is 236 g/mol. The van der Waals surface area contributed by atoms with Gasteiger partial charge in [-0.05, 0) is 6.42 Å². The van der Waals surface area contributed by atoms with Crippen LogP contribution in [0.4, 0.5) is 0 Å². The molecule has 17 heavy (non-hydrogen) atoms. The molecular weight excluding hydrogens is 224 g/mol. The van der Waals surface area contributed by atoms with Crippen molar-refractivity contribution in [2.75, 3.05) is 0 Å². The van der Waals surface area contributed by atoms with Gasteiger partial charge in [0.25, 0.3) is 0 Å². The van der Waals surface area contributed by atoms with Gasteiger partial charge in [-0.3, -0.25) is 9.59 Å². The lowest BCUT2D eigenvalue weighted by Crippen LogP contribution is -2.35. The maximum atomic E-state index is 11.6. The number of aliphatic carboxylic acids is 1. The summed E-state index contributed by atoms with van der Waals surface area (Å²) < 4.78 is 1.41. The van der Waals surface area contributed by atoms with E-state index in [2.05, 4.69) is 15.4 Å². The summed E-state index contributed by atoms with van der Waals surface area (Å²) in [6.07, 6.45) is 6.51. The van der Waals surface area contributed by atoms with E-state index >= 15 is 0 Å². The summed E-state index contributed by atoms with van der Waals surface area (Å²) >= 11 is 0.